The van der Waals surface area contributed by atoms with Crippen LogP contribution in [-0.2, 0) is 6.61 Å². The molecule has 0 saturated carbocycles. The predicted molar refractivity (Wildman–Crippen MR) is 93.4 cm³/mol. The zero-order valence-corrected chi connectivity index (χ0v) is 14.0. The summed E-state index contributed by atoms with van der Waals surface area (Å²) >= 11 is 0. The van der Waals surface area contributed by atoms with Crippen LogP contribution in [0.2, 0.25) is 0 Å². The molecule has 0 aliphatic heterocycles. The van der Waals surface area contributed by atoms with E-state index in [0.717, 1.165) is 17.7 Å². The monoisotopic (exact) mass is 328 g/mol. The van der Waals surface area contributed by atoms with E-state index in [-0.39, 0.29) is 6.61 Å². The Kier molecular flexibility index (Phi) is 7.30. The SMILES string of the molecule is CCCCCCOc1ccc(C(=O)Oc2ccc(CO)cc2)cc1. The molecule has 4 nitrogen and oxygen atoms in total. The lowest BCUT2D eigenvalue weighted by Crippen LogP contribution is -2.08. The van der Waals surface area contributed by atoms with Crippen molar-refractivity contribution in [3.63, 3.8) is 0 Å². The van der Waals surface area contributed by atoms with Crippen LogP contribution in [0.5, 0.6) is 11.5 Å². The summed E-state index contributed by atoms with van der Waals surface area (Å²) < 4.78 is 11.0. The second kappa shape index (κ2) is 9.73. The number of carbonyl (C=O) groups is 1. The molecular formula is C20H24O4. The average Bonchev–Trinajstić information content (AvgIpc) is 2.62. The maximum absolute atomic E-state index is 12.1. The Morgan fingerprint density at radius 2 is 1.58 bits per heavy atom. The van der Waals surface area contributed by atoms with Gasteiger partial charge in [-0.25, -0.2) is 4.79 Å². The van der Waals surface area contributed by atoms with Crippen LogP contribution in [0, 0.1) is 0 Å². The van der Waals surface area contributed by atoms with Gasteiger partial charge in [-0.3, -0.25) is 0 Å². The Bertz CT molecular complexity index is 617. The zero-order chi connectivity index (χ0) is 17.2. The highest BCUT2D eigenvalue weighted by molar-refractivity contribution is 5.91. The molecule has 0 aromatic heterocycles. The maximum atomic E-state index is 12.1. The van der Waals surface area contributed by atoms with Gasteiger partial charge in [-0.05, 0) is 48.4 Å². The normalized spacial score (nSPS) is 10.4. The van der Waals surface area contributed by atoms with Crippen molar-refractivity contribution in [3.05, 3.63) is 59.7 Å². The van der Waals surface area contributed by atoms with Gasteiger partial charge in [0.15, 0.2) is 0 Å². The molecule has 0 spiro atoms. The minimum atomic E-state index is -0.416. The molecule has 0 saturated heterocycles. The first-order valence-corrected chi connectivity index (χ1v) is 8.37. The van der Waals surface area contributed by atoms with E-state index < -0.39 is 5.97 Å². The number of unbranched alkanes of at least 4 members (excludes halogenated alkanes) is 3. The van der Waals surface area contributed by atoms with Gasteiger partial charge in [0, 0.05) is 0 Å². The summed E-state index contributed by atoms with van der Waals surface area (Å²) in [5.41, 5.74) is 1.25. The number of hydrogen-bond donors (Lipinski definition) is 1. The van der Waals surface area contributed by atoms with Crippen molar-refractivity contribution in [1.82, 2.24) is 0 Å². The van der Waals surface area contributed by atoms with E-state index in [2.05, 4.69) is 6.92 Å². The summed E-state index contributed by atoms with van der Waals surface area (Å²) in [6, 6.07) is 13.7. The maximum Gasteiger partial charge on any atom is 0.343 e. The molecule has 2 aromatic carbocycles. The minimum Gasteiger partial charge on any atom is -0.494 e. The van der Waals surface area contributed by atoms with Crippen molar-refractivity contribution < 1.29 is 19.4 Å². The molecule has 0 unspecified atom stereocenters. The Labute approximate surface area is 143 Å². The van der Waals surface area contributed by atoms with E-state index in [9.17, 15) is 4.79 Å². The van der Waals surface area contributed by atoms with Crippen molar-refractivity contribution in [2.24, 2.45) is 0 Å². The molecule has 0 heterocycles. The first kappa shape index (κ1) is 18.0. The molecule has 0 atom stereocenters. The molecule has 2 rings (SSSR count). The van der Waals surface area contributed by atoms with Crippen LogP contribution in [0.3, 0.4) is 0 Å². The summed E-state index contributed by atoms with van der Waals surface area (Å²) in [6.45, 7) is 2.84. The van der Waals surface area contributed by atoms with Crippen molar-refractivity contribution >= 4 is 5.97 Å². The van der Waals surface area contributed by atoms with Gasteiger partial charge < -0.3 is 14.6 Å². The average molecular weight is 328 g/mol. The lowest BCUT2D eigenvalue weighted by Gasteiger charge is -2.08. The van der Waals surface area contributed by atoms with Gasteiger partial charge in [-0.15, -0.1) is 0 Å². The van der Waals surface area contributed by atoms with Crippen LogP contribution in [0.15, 0.2) is 48.5 Å². The van der Waals surface area contributed by atoms with Gasteiger partial charge in [0.05, 0.1) is 18.8 Å². The topological polar surface area (TPSA) is 55.8 Å². The fraction of sp³-hybridized carbons (Fsp3) is 0.350. The summed E-state index contributed by atoms with van der Waals surface area (Å²) in [6.07, 6.45) is 4.66. The first-order chi connectivity index (χ1) is 11.7. The molecule has 0 fully saturated rings. The van der Waals surface area contributed by atoms with Crippen molar-refractivity contribution in [2.45, 2.75) is 39.2 Å². The van der Waals surface area contributed by atoms with E-state index in [1.807, 2.05) is 0 Å². The van der Waals surface area contributed by atoms with Crippen LogP contribution in [0.1, 0.15) is 48.5 Å². The molecule has 0 amide bonds. The van der Waals surface area contributed by atoms with Gasteiger partial charge >= 0.3 is 5.97 Å². The van der Waals surface area contributed by atoms with Crippen molar-refractivity contribution in [2.75, 3.05) is 6.61 Å². The number of esters is 1. The van der Waals surface area contributed by atoms with Crippen molar-refractivity contribution in [3.8, 4) is 11.5 Å². The number of benzene rings is 2. The summed E-state index contributed by atoms with van der Waals surface area (Å²) in [4.78, 5) is 12.1. The Morgan fingerprint density at radius 1 is 0.917 bits per heavy atom. The fourth-order valence-electron chi connectivity index (χ4n) is 2.23. The smallest absolute Gasteiger partial charge is 0.343 e. The number of rotatable bonds is 9. The molecule has 24 heavy (non-hydrogen) atoms. The third-order valence-corrected chi connectivity index (χ3v) is 3.67. The molecule has 4 heteroatoms. The molecule has 0 radical (unpaired) electrons. The molecular weight excluding hydrogens is 304 g/mol. The first-order valence-electron chi connectivity index (χ1n) is 8.37. The van der Waals surface area contributed by atoms with Gasteiger partial charge in [0.2, 0.25) is 0 Å². The second-order valence-electron chi connectivity index (χ2n) is 5.63. The van der Waals surface area contributed by atoms with E-state index in [4.69, 9.17) is 14.6 Å². The van der Waals surface area contributed by atoms with E-state index in [0.29, 0.717) is 17.9 Å². The molecule has 2 aromatic rings. The Morgan fingerprint density at radius 3 is 2.21 bits per heavy atom. The number of ether oxygens (including phenoxy) is 2. The van der Waals surface area contributed by atoms with E-state index in [1.165, 1.54) is 19.3 Å². The highest BCUT2D eigenvalue weighted by atomic mass is 16.5. The summed E-state index contributed by atoms with van der Waals surface area (Å²) in [7, 11) is 0. The van der Waals surface area contributed by atoms with Crippen LogP contribution in [0.4, 0.5) is 0 Å². The number of aliphatic hydroxyl groups excluding tert-OH is 1. The van der Waals surface area contributed by atoms with Crippen LogP contribution in [-0.4, -0.2) is 17.7 Å². The number of carbonyl (C=O) groups excluding carboxylic acids is 1. The van der Waals surface area contributed by atoms with Gasteiger partial charge in [-0.2, -0.15) is 0 Å². The molecule has 0 aliphatic carbocycles. The van der Waals surface area contributed by atoms with Crippen LogP contribution in [0.25, 0.3) is 0 Å². The highest BCUT2D eigenvalue weighted by Gasteiger charge is 2.08. The zero-order valence-electron chi connectivity index (χ0n) is 14.0. The number of hydrogen-bond acceptors (Lipinski definition) is 4. The Balaban J connectivity index is 1.83. The predicted octanol–water partition coefficient (Wildman–Crippen LogP) is 4.36. The van der Waals surface area contributed by atoms with Gasteiger partial charge in [-0.1, -0.05) is 38.3 Å². The molecule has 0 aliphatic rings. The highest BCUT2D eigenvalue weighted by Crippen LogP contribution is 2.17. The van der Waals surface area contributed by atoms with Crippen LogP contribution < -0.4 is 9.47 Å². The lowest BCUT2D eigenvalue weighted by molar-refractivity contribution is 0.0734. The largest absolute Gasteiger partial charge is 0.494 e. The minimum absolute atomic E-state index is 0.0336. The Hall–Kier alpha value is -2.33. The third kappa shape index (κ3) is 5.70. The standard InChI is InChI=1S/C20H24O4/c1-2-3-4-5-14-23-18-12-8-17(9-13-18)20(22)24-19-10-6-16(15-21)7-11-19/h6-13,21H,2-5,14-15H2,1H3. The molecule has 128 valence electrons. The molecule has 1 N–H and O–H groups in total. The lowest BCUT2D eigenvalue weighted by atomic mass is 10.2. The number of aliphatic hydroxyl groups is 1. The van der Waals surface area contributed by atoms with Gasteiger partial charge in [0.1, 0.15) is 11.5 Å². The summed E-state index contributed by atoms with van der Waals surface area (Å²) in [5, 5.41) is 9.00. The van der Waals surface area contributed by atoms with E-state index >= 15 is 0 Å². The van der Waals surface area contributed by atoms with Gasteiger partial charge in [0.25, 0.3) is 0 Å². The van der Waals surface area contributed by atoms with Crippen LogP contribution >= 0.6 is 0 Å². The third-order valence-electron chi connectivity index (χ3n) is 3.67. The fourth-order valence-corrected chi connectivity index (χ4v) is 2.23. The van der Waals surface area contributed by atoms with E-state index in [1.54, 1.807) is 48.5 Å². The molecule has 0 bridgehead atoms. The quantitative estimate of drug-likeness (QED) is 0.422. The second-order valence-corrected chi connectivity index (χ2v) is 5.63. The summed E-state index contributed by atoms with van der Waals surface area (Å²) in [5.74, 6) is 0.796. The van der Waals surface area contributed by atoms with Crippen molar-refractivity contribution in [1.29, 1.82) is 0 Å².